The largest absolute Gasteiger partial charge is 0.355 e. The van der Waals surface area contributed by atoms with E-state index in [9.17, 15) is 4.79 Å². The lowest BCUT2D eigenvalue weighted by atomic mass is 10.1. The number of anilines is 2. The van der Waals surface area contributed by atoms with Gasteiger partial charge in [0.2, 0.25) is 11.9 Å². The van der Waals surface area contributed by atoms with E-state index >= 15 is 0 Å². The van der Waals surface area contributed by atoms with E-state index in [1.54, 1.807) is 13.1 Å². The van der Waals surface area contributed by atoms with Gasteiger partial charge in [-0.3, -0.25) is 4.79 Å². The van der Waals surface area contributed by atoms with Gasteiger partial charge >= 0.3 is 0 Å². The first-order valence-electron chi connectivity index (χ1n) is 8.43. The van der Waals surface area contributed by atoms with E-state index < -0.39 is 0 Å². The van der Waals surface area contributed by atoms with Gasteiger partial charge in [0.15, 0.2) is 5.82 Å². The molecular formula is C16H24ClN5O. The van der Waals surface area contributed by atoms with Crippen LogP contribution in [0, 0.1) is 0 Å². The Bertz CT molecular complexity index is 553. The van der Waals surface area contributed by atoms with Gasteiger partial charge in [0.25, 0.3) is 0 Å². The standard InChI is InChI=1S/C16H24ClN5O/c1-12(23)21-9-5-13(6-10-21)19-16-18-11-14(17)15(20-16)22-7-3-2-4-8-22/h11,13H,2-10H2,1H3,(H,18,19,20). The molecular weight excluding hydrogens is 314 g/mol. The van der Waals surface area contributed by atoms with Crippen molar-refractivity contribution in [3.05, 3.63) is 11.2 Å². The summed E-state index contributed by atoms with van der Waals surface area (Å²) in [5.41, 5.74) is 0. The van der Waals surface area contributed by atoms with E-state index in [2.05, 4.69) is 20.2 Å². The normalized spacial score (nSPS) is 19.7. The Morgan fingerprint density at radius 2 is 1.91 bits per heavy atom. The van der Waals surface area contributed by atoms with Crippen LogP contribution in [0.4, 0.5) is 11.8 Å². The summed E-state index contributed by atoms with van der Waals surface area (Å²) in [7, 11) is 0. The zero-order valence-electron chi connectivity index (χ0n) is 13.6. The van der Waals surface area contributed by atoms with Crippen molar-refractivity contribution >= 4 is 29.3 Å². The molecule has 0 aliphatic carbocycles. The van der Waals surface area contributed by atoms with Gasteiger partial charge in [-0.15, -0.1) is 0 Å². The molecule has 0 bridgehead atoms. The van der Waals surface area contributed by atoms with Crippen LogP contribution in [0.5, 0.6) is 0 Å². The summed E-state index contributed by atoms with van der Waals surface area (Å²) in [6.45, 7) is 5.22. The van der Waals surface area contributed by atoms with Crippen molar-refractivity contribution in [2.45, 2.75) is 45.1 Å². The van der Waals surface area contributed by atoms with E-state index in [4.69, 9.17) is 11.6 Å². The molecule has 0 aromatic carbocycles. The number of halogens is 1. The molecule has 1 aromatic heterocycles. The van der Waals surface area contributed by atoms with Crippen molar-refractivity contribution in [1.29, 1.82) is 0 Å². The van der Waals surface area contributed by atoms with Crippen LogP contribution in [0.2, 0.25) is 5.02 Å². The molecule has 1 amide bonds. The number of aromatic nitrogens is 2. The molecule has 1 aromatic rings. The summed E-state index contributed by atoms with van der Waals surface area (Å²) >= 11 is 6.29. The minimum absolute atomic E-state index is 0.151. The Morgan fingerprint density at radius 1 is 1.22 bits per heavy atom. The van der Waals surface area contributed by atoms with Crippen LogP contribution in [0.1, 0.15) is 39.0 Å². The van der Waals surface area contributed by atoms with E-state index in [1.807, 2.05) is 4.90 Å². The first-order valence-corrected chi connectivity index (χ1v) is 8.81. The van der Waals surface area contributed by atoms with Gasteiger partial charge in [0, 0.05) is 39.1 Å². The van der Waals surface area contributed by atoms with E-state index in [0.29, 0.717) is 17.0 Å². The van der Waals surface area contributed by atoms with Crippen molar-refractivity contribution < 1.29 is 4.79 Å². The van der Waals surface area contributed by atoms with E-state index in [1.165, 1.54) is 19.3 Å². The van der Waals surface area contributed by atoms with Crippen LogP contribution in [0.25, 0.3) is 0 Å². The highest BCUT2D eigenvalue weighted by Gasteiger charge is 2.22. The van der Waals surface area contributed by atoms with Crippen molar-refractivity contribution in [3.63, 3.8) is 0 Å². The van der Waals surface area contributed by atoms with Crippen molar-refractivity contribution in [2.24, 2.45) is 0 Å². The lowest BCUT2D eigenvalue weighted by molar-refractivity contribution is -0.129. The molecule has 2 saturated heterocycles. The fraction of sp³-hybridized carbons (Fsp3) is 0.688. The number of likely N-dealkylation sites (tertiary alicyclic amines) is 1. The Labute approximate surface area is 142 Å². The fourth-order valence-corrected chi connectivity index (χ4v) is 3.49. The summed E-state index contributed by atoms with van der Waals surface area (Å²) in [6, 6.07) is 0.306. The number of nitrogens with zero attached hydrogens (tertiary/aromatic N) is 4. The SMILES string of the molecule is CC(=O)N1CCC(Nc2ncc(Cl)c(N3CCCCC3)n2)CC1. The number of piperidine rings is 2. The zero-order valence-corrected chi connectivity index (χ0v) is 14.3. The first kappa shape index (κ1) is 16.3. The minimum Gasteiger partial charge on any atom is -0.355 e. The molecule has 2 aliphatic heterocycles. The van der Waals surface area contributed by atoms with Crippen molar-refractivity contribution in [1.82, 2.24) is 14.9 Å². The van der Waals surface area contributed by atoms with Gasteiger partial charge in [-0.25, -0.2) is 4.98 Å². The summed E-state index contributed by atoms with van der Waals surface area (Å²) in [5.74, 6) is 1.62. The molecule has 6 nitrogen and oxygen atoms in total. The maximum Gasteiger partial charge on any atom is 0.224 e. The fourth-order valence-electron chi connectivity index (χ4n) is 3.28. The summed E-state index contributed by atoms with van der Waals surface area (Å²) in [5, 5.41) is 4.02. The van der Waals surface area contributed by atoms with E-state index in [-0.39, 0.29) is 5.91 Å². The van der Waals surface area contributed by atoms with Gasteiger partial charge in [-0.1, -0.05) is 11.6 Å². The smallest absolute Gasteiger partial charge is 0.224 e. The Hall–Kier alpha value is -1.56. The Morgan fingerprint density at radius 3 is 2.57 bits per heavy atom. The molecule has 1 N–H and O–H groups in total. The van der Waals surface area contributed by atoms with Gasteiger partial charge in [0.1, 0.15) is 5.02 Å². The quantitative estimate of drug-likeness (QED) is 0.918. The van der Waals surface area contributed by atoms with Gasteiger partial charge in [-0.2, -0.15) is 4.98 Å². The molecule has 0 spiro atoms. The number of rotatable bonds is 3. The number of hydrogen-bond donors (Lipinski definition) is 1. The first-order chi connectivity index (χ1) is 11.1. The number of amides is 1. The lowest BCUT2D eigenvalue weighted by Gasteiger charge is -2.32. The highest BCUT2D eigenvalue weighted by Crippen LogP contribution is 2.27. The maximum absolute atomic E-state index is 11.4. The van der Waals surface area contributed by atoms with Gasteiger partial charge < -0.3 is 15.1 Å². The maximum atomic E-state index is 11.4. The molecule has 3 rings (SSSR count). The molecule has 23 heavy (non-hydrogen) atoms. The predicted octanol–water partition coefficient (Wildman–Crippen LogP) is 2.54. The molecule has 0 atom stereocenters. The second-order valence-corrected chi connectivity index (χ2v) is 6.74. The number of carbonyl (C=O) groups is 1. The topological polar surface area (TPSA) is 61.4 Å². The third kappa shape index (κ3) is 4.05. The predicted molar refractivity (Wildman–Crippen MR) is 92.0 cm³/mol. The molecule has 126 valence electrons. The third-order valence-electron chi connectivity index (χ3n) is 4.65. The molecule has 3 heterocycles. The minimum atomic E-state index is 0.151. The molecule has 0 unspecified atom stereocenters. The van der Waals surface area contributed by atoms with Crippen LogP contribution < -0.4 is 10.2 Å². The summed E-state index contributed by atoms with van der Waals surface area (Å²) in [6.07, 6.45) is 7.18. The highest BCUT2D eigenvalue weighted by atomic mass is 35.5. The van der Waals surface area contributed by atoms with Gasteiger partial charge in [0.05, 0.1) is 6.20 Å². The van der Waals surface area contributed by atoms with Crippen LogP contribution in [0.3, 0.4) is 0 Å². The lowest BCUT2D eigenvalue weighted by Crippen LogP contribution is -2.41. The summed E-state index contributed by atoms with van der Waals surface area (Å²) < 4.78 is 0. The van der Waals surface area contributed by atoms with Crippen molar-refractivity contribution in [3.8, 4) is 0 Å². The van der Waals surface area contributed by atoms with Gasteiger partial charge in [-0.05, 0) is 32.1 Å². The molecule has 0 radical (unpaired) electrons. The van der Waals surface area contributed by atoms with Crippen molar-refractivity contribution in [2.75, 3.05) is 36.4 Å². The number of carbonyl (C=O) groups excluding carboxylic acids is 1. The Kier molecular flexibility index (Phi) is 5.20. The average Bonchev–Trinajstić information content (AvgIpc) is 2.58. The second kappa shape index (κ2) is 7.34. The second-order valence-electron chi connectivity index (χ2n) is 6.34. The monoisotopic (exact) mass is 337 g/mol. The zero-order chi connectivity index (χ0) is 16.2. The Balaban J connectivity index is 1.63. The van der Waals surface area contributed by atoms with Crippen LogP contribution >= 0.6 is 11.6 Å². The van der Waals surface area contributed by atoms with E-state index in [0.717, 1.165) is 44.8 Å². The number of hydrogen-bond acceptors (Lipinski definition) is 5. The van der Waals surface area contributed by atoms with Crippen LogP contribution in [-0.4, -0.2) is 53.0 Å². The van der Waals surface area contributed by atoms with Crippen LogP contribution in [0.15, 0.2) is 6.20 Å². The average molecular weight is 338 g/mol. The highest BCUT2D eigenvalue weighted by molar-refractivity contribution is 6.32. The third-order valence-corrected chi connectivity index (χ3v) is 4.92. The molecule has 0 saturated carbocycles. The summed E-state index contributed by atoms with van der Waals surface area (Å²) in [4.78, 5) is 24.5. The van der Waals surface area contributed by atoms with Crippen LogP contribution in [-0.2, 0) is 4.79 Å². The molecule has 7 heteroatoms. The number of nitrogens with one attached hydrogen (secondary N) is 1. The molecule has 2 aliphatic rings. The molecule has 2 fully saturated rings.